The van der Waals surface area contributed by atoms with Crippen LogP contribution < -0.4 is 15.6 Å². The van der Waals surface area contributed by atoms with Crippen LogP contribution >= 0.6 is 0 Å². The molecule has 2 heterocycles. The van der Waals surface area contributed by atoms with Crippen LogP contribution in [0, 0.1) is 6.92 Å². The molecule has 0 fully saturated rings. The molecule has 0 radical (unpaired) electrons. The summed E-state index contributed by atoms with van der Waals surface area (Å²) >= 11 is 0. The predicted octanol–water partition coefficient (Wildman–Crippen LogP) is 2.10. The number of nitrogens with one attached hydrogen (secondary N) is 1. The zero-order chi connectivity index (χ0) is 16.6. The molecule has 7 heteroatoms. The third-order valence-corrected chi connectivity index (χ3v) is 3.53. The first-order valence-electron chi connectivity index (χ1n) is 6.92. The Kier molecular flexibility index (Phi) is 3.61. The largest absolute Gasteiger partial charge is 0.495 e. The third-order valence-electron chi connectivity index (χ3n) is 3.53. The van der Waals surface area contributed by atoms with Gasteiger partial charge in [-0.05, 0) is 19.1 Å². The number of hydrogen-bond acceptors (Lipinski definition) is 5. The fourth-order valence-electron chi connectivity index (χ4n) is 2.39. The van der Waals surface area contributed by atoms with Gasteiger partial charge in [-0.15, -0.1) is 0 Å². The molecule has 118 valence electrons. The van der Waals surface area contributed by atoms with Crippen molar-refractivity contribution >= 4 is 22.7 Å². The molecule has 2 aromatic heterocycles. The fraction of sp³-hybridized carbons (Fsp3) is 0.188. The average molecular weight is 313 g/mol. The second-order valence-corrected chi connectivity index (χ2v) is 5.03. The summed E-state index contributed by atoms with van der Waals surface area (Å²) in [6.07, 6.45) is 1.36. The van der Waals surface area contributed by atoms with E-state index in [1.807, 2.05) is 0 Å². The van der Waals surface area contributed by atoms with Gasteiger partial charge in [0.2, 0.25) is 5.71 Å². The molecule has 0 saturated carbocycles. The Balaban J connectivity index is 2.10. The molecule has 1 amide bonds. The van der Waals surface area contributed by atoms with Crippen molar-refractivity contribution in [2.24, 2.45) is 7.05 Å². The number of anilines is 1. The van der Waals surface area contributed by atoms with E-state index in [-0.39, 0.29) is 22.2 Å². The van der Waals surface area contributed by atoms with Crippen molar-refractivity contribution in [1.82, 2.24) is 9.55 Å². The van der Waals surface area contributed by atoms with Gasteiger partial charge >= 0.3 is 0 Å². The lowest BCUT2D eigenvalue weighted by molar-refractivity contribution is 0.102. The molecule has 0 aliphatic carbocycles. The summed E-state index contributed by atoms with van der Waals surface area (Å²) in [4.78, 5) is 29.0. The molecule has 23 heavy (non-hydrogen) atoms. The molecule has 0 bridgehead atoms. The number of carbonyl (C=O) groups is 1. The quantitative estimate of drug-likeness (QED) is 0.800. The van der Waals surface area contributed by atoms with Gasteiger partial charge in [0.15, 0.2) is 0 Å². The summed E-state index contributed by atoms with van der Waals surface area (Å²) in [5, 5.41) is 2.91. The van der Waals surface area contributed by atoms with Crippen molar-refractivity contribution in [1.29, 1.82) is 0 Å². The molecule has 7 nitrogen and oxygen atoms in total. The molecule has 3 aromatic rings. The van der Waals surface area contributed by atoms with Crippen LogP contribution in [0.2, 0.25) is 0 Å². The first-order chi connectivity index (χ1) is 11.0. The highest BCUT2D eigenvalue weighted by Gasteiger charge is 2.23. The average Bonchev–Trinajstić information content (AvgIpc) is 2.88. The first kappa shape index (κ1) is 14.8. The summed E-state index contributed by atoms with van der Waals surface area (Å²) in [5.41, 5.74) is 0.502. The van der Waals surface area contributed by atoms with Crippen molar-refractivity contribution in [3.8, 4) is 5.75 Å². The minimum absolute atomic E-state index is 0.149. The lowest BCUT2D eigenvalue weighted by Gasteiger charge is -2.09. The smallest absolute Gasteiger partial charge is 0.265 e. The molecule has 1 N–H and O–H groups in total. The zero-order valence-electron chi connectivity index (χ0n) is 12.9. The van der Waals surface area contributed by atoms with Gasteiger partial charge in [-0.2, -0.15) is 0 Å². The Labute approximate surface area is 131 Å². The van der Waals surface area contributed by atoms with E-state index in [1.54, 1.807) is 38.2 Å². The van der Waals surface area contributed by atoms with E-state index in [2.05, 4.69) is 10.3 Å². The molecule has 0 unspecified atom stereocenters. The standard InChI is InChI=1S/C16H15N3O4/c1-9-12(13-15(23-9)17-8-19(2)16(13)21)14(20)18-10-6-4-5-7-11(10)22-3/h4-8H,1-3H3,(H,18,20). The number of para-hydroxylation sites is 2. The van der Waals surface area contributed by atoms with Crippen LogP contribution in [0.3, 0.4) is 0 Å². The van der Waals surface area contributed by atoms with Crippen LogP contribution in [0.4, 0.5) is 5.69 Å². The van der Waals surface area contributed by atoms with Gasteiger partial charge < -0.3 is 19.0 Å². The van der Waals surface area contributed by atoms with E-state index in [9.17, 15) is 9.59 Å². The number of carbonyl (C=O) groups excluding carboxylic acids is 1. The number of aromatic nitrogens is 2. The third kappa shape index (κ3) is 2.46. The maximum atomic E-state index is 12.6. The number of ether oxygens (including phenoxy) is 1. The summed E-state index contributed by atoms with van der Waals surface area (Å²) in [7, 11) is 3.09. The van der Waals surface area contributed by atoms with Crippen LogP contribution in [-0.2, 0) is 7.05 Å². The van der Waals surface area contributed by atoms with Crippen LogP contribution in [0.5, 0.6) is 5.75 Å². The highest BCUT2D eigenvalue weighted by atomic mass is 16.5. The van der Waals surface area contributed by atoms with Gasteiger partial charge in [0.1, 0.15) is 23.2 Å². The molecule has 0 atom stereocenters. The maximum absolute atomic E-state index is 12.6. The molecule has 1 aromatic carbocycles. The Morgan fingerprint density at radius 1 is 1.35 bits per heavy atom. The molecular weight excluding hydrogens is 298 g/mol. The Bertz CT molecular complexity index is 956. The van der Waals surface area contributed by atoms with E-state index in [0.717, 1.165) is 0 Å². The van der Waals surface area contributed by atoms with E-state index in [1.165, 1.54) is 18.0 Å². The number of aryl methyl sites for hydroxylation is 2. The number of nitrogens with zero attached hydrogens (tertiary/aromatic N) is 2. The van der Waals surface area contributed by atoms with E-state index < -0.39 is 5.91 Å². The first-order valence-corrected chi connectivity index (χ1v) is 6.92. The normalized spacial score (nSPS) is 10.7. The van der Waals surface area contributed by atoms with Crippen LogP contribution in [-0.4, -0.2) is 22.6 Å². The number of fused-ring (bicyclic) bond motifs is 1. The zero-order valence-corrected chi connectivity index (χ0v) is 12.9. The number of rotatable bonds is 3. The summed E-state index contributed by atoms with van der Waals surface area (Å²) in [6, 6.07) is 7.02. The van der Waals surface area contributed by atoms with Gasteiger partial charge in [0.25, 0.3) is 11.5 Å². The highest BCUT2D eigenvalue weighted by Crippen LogP contribution is 2.26. The topological polar surface area (TPSA) is 86.4 Å². The SMILES string of the molecule is COc1ccccc1NC(=O)c1c(C)oc2ncn(C)c(=O)c12. The number of methoxy groups -OCH3 is 1. The lowest BCUT2D eigenvalue weighted by atomic mass is 10.1. The monoisotopic (exact) mass is 313 g/mol. The summed E-state index contributed by atoms with van der Waals surface area (Å²) < 4.78 is 11.9. The van der Waals surface area contributed by atoms with Gasteiger partial charge in [0, 0.05) is 7.05 Å². The molecule has 0 aliphatic heterocycles. The number of hydrogen-bond donors (Lipinski definition) is 1. The molecular formula is C16H15N3O4. The van der Waals surface area contributed by atoms with Gasteiger partial charge in [-0.3, -0.25) is 9.59 Å². The van der Waals surface area contributed by atoms with Crippen molar-refractivity contribution in [3.63, 3.8) is 0 Å². The van der Waals surface area contributed by atoms with Crippen molar-refractivity contribution < 1.29 is 13.9 Å². The Hall–Kier alpha value is -3.09. The van der Waals surface area contributed by atoms with E-state index in [4.69, 9.17) is 9.15 Å². The maximum Gasteiger partial charge on any atom is 0.265 e. The van der Waals surface area contributed by atoms with Gasteiger partial charge in [0.05, 0.1) is 18.4 Å². The minimum atomic E-state index is -0.448. The van der Waals surface area contributed by atoms with Crippen molar-refractivity contribution in [2.75, 3.05) is 12.4 Å². The van der Waals surface area contributed by atoms with Gasteiger partial charge in [-0.25, -0.2) is 4.98 Å². The molecule has 0 spiro atoms. The van der Waals surface area contributed by atoms with Crippen molar-refractivity contribution in [3.05, 3.63) is 52.3 Å². The minimum Gasteiger partial charge on any atom is -0.495 e. The van der Waals surface area contributed by atoms with Gasteiger partial charge in [-0.1, -0.05) is 12.1 Å². The predicted molar refractivity (Wildman–Crippen MR) is 84.9 cm³/mol. The number of amides is 1. The second-order valence-electron chi connectivity index (χ2n) is 5.03. The highest BCUT2D eigenvalue weighted by molar-refractivity contribution is 6.13. The van der Waals surface area contributed by atoms with E-state index in [0.29, 0.717) is 17.2 Å². The van der Waals surface area contributed by atoms with Crippen LogP contribution in [0.25, 0.3) is 11.1 Å². The Morgan fingerprint density at radius 3 is 2.83 bits per heavy atom. The molecule has 0 saturated heterocycles. The van der Waals surface area contributed by atoms with Crippen LogP contribution in [0.1, 0.15) is 16.1 Å². The number of furan rings is 1. The molecule has 3 rings (SSSR count). The summed E-state index contributed by atoms with van der Waals surface area (Å²) in [6.45, 7) is 1.62. The lowest BCUT2D eigenvalue weighted by Crippen LogP contribution is -2.20. The Morgan fingerprint density at radius 2 is 2.09 bits per heavy atom. The summed E-state index contributed by atoms with van der Waals surface area (Å²) in [5.74, 6) is 0.413. The van der Waals surface area contributed by atoms with Crippen molar-refractivity contribution in [2.45, 2.75) is 6.92 Å². The van der Waals surface area contributed by atoms with Crippen LogP contribution in [0.15, 0.2) is 39.8 Å². The van der Waals surface area contributed by atoms with E-state index >= 15 is 0 Å². The molecule has 0 aliphatic rings. The second kappa shape index (κ2) is 5.60. The number of benzene rings is 1. The fourth-order valence-corrected chi connectivity index (χ4v) is 2.39.